The molecule has 1 aromatic heterocycles. The van der Waals surface area contributed by atoms with Gasteiger partial charge in [-0.1, -0.05) is 19.1 Å². The average molecular weight is 265 g/mol. The van der Waals surface area contributed by atoms with Crippen LogP contribution in [-0.2, 0) is 6.54 Å². The summed E-state index contributed by atoms with van der Waals surface area (Å²) >= 11 is 0. The summed E-state index contributed by atoms with van der Waals surface area (Å²) in [5.41, 5.74) is -1.92. The minimum absolute atomic E-state index is 0.0389. The van der Waals surface area contributed by atoms with Crippen molar-refractivity contribution in [3.8, 4) is 0 Å². The van der Waals surface area contributed by atoms with Crippen LogP contribution in [0.15, 0.2) is 6.20 Å². The highest BCUT2D eigenvalue weighted by Crippen LogP contribution is 2.21. The molecular formula is C10H14F3N3O2. The Morgan fingerprint density at radius 1 is 1.50 bits per heavy atom. The fraction of sp³-hybridized carbons (Fsp3) is 0.700. The minimum atomic E-state index is -4.97. The molecule has 0 aromatic carbocycles. The van der Waals surface area contributed by atoms with Gasteiger partial charge in [0, 0.05) is 0 Å². The summed E-state index contributed by atoms with van der Waals surface area (Å²) < 4.78 is 37.4. The molecule has 0 fully saturated rings. The number of hydrogen-bond donors (Lipinski definition) is 1. The van der Waals surface area contributed by atoms with E-state index in [1.807, 2.05) is 0 Å². The van der Waals surface area contributed by atoms with Crippen LogP contribution < -0.4 is 0 Å². The Morgan fingerprint density at radius 3 is 2.50 bits per heavy atom. The molecular weight excluding hydrogens is 251 g/mol. The molecule has 0 aliphatic rings. The number of rotatable bonds is 4. The van der Waals surface area contributed by atoms with E-state index in [-0.39, 0.29) is 12.5 Å². The quantitative estimate of drug-likeness (QED) is 0.836. The minimum Gasteiger partial charge on any atom is -0.388 e. The third-order valence-electron chi connectivity index (χ3n) is 2.75. The number of aliphatic hydroxyl groups is 1. The smallest absolute Gasteiger partial charge is 0.388 e. The number of nitrogens with zero attached hydrogens (tertiary/aromatic N) is 3. The van der Waals surface area contributed by atoms with Crippen LogP contribution in [0.2, 0.25) is 0 Å². The third-order valence-corrected chi connectivity index (χ3v) is 2.75. The second kappa shape index (κ2) is 4.68. The van der Waals surface area contributed by atoms with Crippen LogP contribution in [0.1, 0.15) is 31.3 Å². The number of aromatic nitrogens is 3. The van der Waals surface area contributed by atoms with Crippen LogP contribution >= 0.6 is 0 Å². The number of ketones is 1. The van der Waals surface area contributed by atoms with Crippen molar-refractivity contribution in [1.29, 1.82) is 0 Å². The summed E-state index contributed by atoms with van der Waals surface area (Å²) in [6.07, 6.45) is -4.09. The van der Waals surface area contributed by atoms with Crippen LogP contribution in [0.3, 0.4) is 0 Å². The maximum Gasteiger partial charge on any atom is 0.456 e. The predicted octanol–water partition coefficient (Wildman–Crippen LogP) is 1.43. The number of carbonyl (C=O) groups is 1. The lowest BCUT2D eigenvalue weighted by Crippen LogP contribution is -2.36. The average Bonchev–Trinajstić information content (AvgIpc) is 2.62. The molecule has 0 saturated carbocycles. The van der Waals surface area contributed by atoms with Gasteiger partial charge in [0.1, 0.15) is 0 Å². The van der Waals surface area contributed by atoms with Gasteiger partial charge in [0.25, 0.3) is 5.78 Å². The van der Waals surface area contributed by atoms with E-state index >= 15 is 0 Å². The van der Waals surface area contributed by atoms with E-state index in [2.05, 4.69) is 10.3 Å². The lowest BCUT2D eigenvalue weighted by molar-refractivity contribution is -0.0888. The second-order valence-electron chi connectivity index (χ2n) is 4.64. The molecule has 102 valence electrons. The van der Waals surface area contributed by atoms with E-state index in [4.69, 9.17) is 0 Å². The molecule has 1 N–H and O–H groups in total. The summed E-state index contributed by atoms with van der Waals surface area (Å²) in [5, 5.41) is 16.5. The van der Waals surface area contributed by atoms with Gasteiger partial charge in [0.2, 0.25) is 0 Å². The Morgan fingerprint density at radius 2 is 2.06 bits per heavy atom. The van der Waals surface area contributed by atoms with Crippen molar-refractivity contribution in [3.63, 3.8) is 0 Å². The van der Waals surface area contributed by atoms with Gasteiger partial charge in [0.15, 0.2) is 5.69 Å². The molecule has 5 nitrogen and oxygen atoms in total. The Balaban J connectivity index is 2.85. The SMILES string of the molecule is CC(C)C(C)(O)Cn1cc(C(=O)C(F)(F)F)nn1. The maximum absolute atomic E-state index is 12.1. The van der Waals surface area contributed by atoms with Gasteiger partial charge in [-0.2, -0.15) is 13.2 Å². The zero-order chi connectivity index (χ0) is 14.1. The van der Waals surface area contributed by atoms with E-state index in [1.165, 1.54) is 6.92 Å². The van der Waals surface area contributed by atoms with Gasteiger partial charge in [-0.3, -0.25) is 4.79 Å². The van der Waals surface area contributed by atoms with E-state index in [0.717, 1.165) is 10.9 Å². The highest BCUT2D eigenvalue weighted by atomic mass is 19.4. The molecule has 0 aliphatic heterocycles. The number of hydrogen-bond acceptors (Lipinski definition) is 4. The van der Waals surface area contributed by atoms with Gasteiger partial charge < -0.3 is 5.11 Å². The molecule has 0 aliphatic carbocycles. The van der Waals surface area contributed by atoms with Crippen molar-refractivity contribution >= 4 is 5.78 Å². The first kappa shape index (κ1) is 14.6. The summed E-state index contributed by atoms with van der Waals surface area (Å²) in [4.78, 5) is 10.9. The Kier molecular flexibility index (Phi) is 3.80. The van der Waals surface area contributed by atoms with Crippen LogP contribution in [0, 0.1) is 5.92 Å². The summed E-state index contributed by atoms with van der Waals surface area (Å²) in [6, 6.07) is 0. The largest absolute Gasteiger partial charge is 0.456 e. The molecule has 1 aromatic rings. The monoisotopic (exact) mass is 265 g/mol. The van der Waals surface area contributed by atoms with Crippen molar-refractivity contribution in [3.05, 3.63) is 11.9 Å². The summed E-state index contributed by atoms with van der Waals surface area (Å²) in [6.45, 7) is 5.02. The maximum atomic E-state index is 12.1. The molecule has 1 rings (SSSR count). The van der Waals surface area contributed by atoms with Crippen molar-refractivity contribution in [1.82, 2.24) is 15.0 Å². The fourth-order valence-corrected chi connectivity index (χ4v) is 1.14. The fourth-order valence-electron chi connectivity index (χ4n) is 1.14. The van der Waals surface area contributed by atoms with Gasteiger partial charge in [-0.05, 0) is 12.8 Å². The molecule has 0 amide bonds. The molecule has 0 saturated heterocycles. The van der Waals surface area contributed by atoms with Crippen molar-refractivity contribution in [2.75, 3.05) is 0 Å². The standard InChI is InChI=1S/C10H14F3N3O2/c1-6(2)9(3,18)5-16-4-7(14-15-16)8(17)10(11,12)13/h4,6,18H,5H2,1-3H3. The summed E-state index contributed by atoms with van der Waals surface area (Å²) in [7, 11) is 0. The molecule has 18 heavy (non-hydrogen) atoms. The van der Waals surface area contributed by atoms with E-state index in [0.29, 0.717) is 0 Å². The Hall–Kier alpha value is -1.44. The Labute approximate surface area is 102 Å². The van der Waals surface area contributed by atoms with E-state index < -0.39 is 23.3 Å². The van der Waals surface area contributed by atoms with Crippen LogP contribution in [-0.4, -0.2) is 37.7 Å². The van der Waals surface area contributed by atoms with Gasteiger partial charge in [-0.25, -0.2) is 4.68 Å². The van der Waals surface area contributed by atoms with E-state index in [9.17, 15) is 23.1 Å². The second-order valence-corrected chi connectivity index (χ2v) is 4.64. The van der Waals surface area contributed by atoms with Crippen molar-refractivity contribution in [2.45, 2.75) is 39.1 Å². The molecule has 0 radical (unpaired) electrons. The van der Waals surface area contributed by atoms with Gasteiger partial charge in [-0.15, -0.1) is 5.10 Å². The number of Topliss-reactive ketones (excluding diaryl/α,β-unsaturated/α-hetero) is 1. The molecule has 0 spiro atoms. The zero-order valence-electron chi connectivity index (χ0n) is 10.2. The predicted molar refractivity (Wildman–Crippen MR) is 55.9 cm³/mol. The number of halogens is 3. The highest BCUT2D eigenvalue weighted by molar-refractivity contribution is 5.98. The van der Waals surface area contributed by atoms with Gasteiger partial charge in [0.05, 0.1) is 18.3 Å². The Bertz CT molecular complexity index is 438. The first-order chi connectivity index (χ1) is 8.04. The third kappa shape index (κ3) is 3.28. The van der Waals surface area contributed by atoms with Crippen LogP contribution in [0.25, 0.3) is 0 Å². The van der Waals surface area contributed by atoms with Crippen molar-refractivity contribution < 1.29 is 23.1 Å². The molecule has 0 bridgehead atoms. The first-order valence-corrected chi connectivity index (χ1v) is 5.28. The van der Waals surface area contributed by atoms with Crippen LogP contribution in [0.5, 0.6) is 0 Å². The normalized spacial score (nSPS) is 15.8. The van der Waals surface area contributed by atoms with E-state index in [1.54, 1.807) is 13.8 Å². The number of alkyl halides is 3. The molecule has 8 heteroatoms. The lowest BCUT2D eigenvalue weighted by Gasteiger charge is -2.26. The van der Waals surface area contributed by atoms with Crippen LogP contribution in [0.4, 0.5) is 13.2 Å². The lowest BCUT2D eigenvalue weighted by atomic mass is 9.93. The molecule has 1 atom stereocenters. The molecule has 1 heterocycles. The molecule has 1 unspecified atom stereocenters. The highest BCUT2D eigenvalue weighted by Gasteiger charge is 2.41. The van der Waals surface area contributed by atoms with Crippen molar-refractivity contribution in [2.24, 2.45) is 5.92 Å². The number of carbonyl (C=O) groups excluding carboxylic acids is 1. The summed E-state index contributed by atoms with van der Waals surface area (Å²) in [5.74, 6) is -2.17. The zero-order valence-corrected chi connectivity index (χ0v) is 10.2. The van der Waals surface area contributed by atoms with Gasteiger partial charge >= 0.3 is 6.18 Å². The topological polar surface area (TPSA) is 68.0 Å². The first-order valence-electron chi connectivity index (χ1n) is 5.28.